The molecule has 0 N–H and O–H groups in total. The molecule has 0 bridgehead atoms. The van der Waals surface area contributed by atoms with Gasteiger partial charge in [0.2, 0.25) is 0 Å². The first kappa shape index (κ1) is 64.3. The molecule has 0 aliphatic carbocycles. The van der Waals surface area contributed by atoms with Gasteiger partial charge in [-0.25, -0.2) is 0 Å². The molecule has 3 nitrogen and oxygen atoms in total. The summed E-state index contributed by atoms with van der Waals surface area (Å²) < 4.78 is 2.55. The van der Waals surface area contributed by atoms with Crippen LogP contribution in [-0.4, -0.2) is 27.4 Å². The van der Waals surface area contributed by atoms with Crippen LogP contribution >= 0.6 is 0 Å². The van der Waals surface area contributed by atoms with Gasteiger partial charge in [-0.2, -0.15) is 0 Å². The molecule has 0 saturated heterocycles. The molecule has 0 unspecified atom stereocenters. The van der Waals surface area contributed by atoms with Crippen LogP contribution in [0.3, 0.4) is 0 Å². The molecule has 6 heteroatoms. The van der Waals surface area contributed by atoms with E-state index in [1.807, 2.05) is 0 Å². The smallest absolute Gasteiger partial charge is 0.252 e. The molecule has 0 spiro atoms. The van der Waals surface area contributed by atoms with E-state index in [0.29, 0.717) is 0 Å². The van der Waals surface area contributed by atoms with Gasteiger partial charge in [-0.1, -0.05) is 364 Å². The maximum Gasteiger partial charge on any atom is 0.252 e. The predicted octanol–water partition coefficient (Wildman–Crippen LogP) is 18.3. The van der Waals surface area contributed by atoms with E-state index in [1.165, 1.54) is 68.7 Å². The van der Waals surface area contributed by atoms with Gasteiger partial charge in [-0.15, -0.1) is 0 Å². The van der Waals surface area contributed by atoms with Crippen LogP contribution in [-0.2, 0) is 0 Å². The summed E-state index contributed by atoms with van der Waals surface area (Å²) in [4.78, 5) is 5.38. The number of anilines is 6. The van der Waals surface area contributed by atoms with Crippen molar-refractivity contribution in [2.45, 2.75) is 0 Å². The summed E-state index contributed by atoms with van der Waals surface area (Å²) in [7, 11) is -6.41. The molecule has 2 aliphatic rings. The molecule has 0 atom stereocenters. The lowest BCUT2D eigenvalue weighted by molar-refractivity contribution is 1.16. The topological polar surface area (TPSA) is 11.4 Å². The molecule has 17 aromatic carbocycles. The molecule has 0 fully saturated rings. The second-order valence-corrected chi connectivity index (χ2v) is 36.2. The van der Waals surface area contributed by atoms with Crippen molar-refractivity contribution in [3.8, 4) is 50.2 Å². The maximum absolute atomic E-state index is 3.21. The number of fused-ring (bicyclic) bond motifs is 7. The fourth-order valence-corrected chi connectivity index (χ4v) is 27.7. The third-order valence-corrected chi connectivity index (χ3v) is 32.3. The first-order valence-corrected chi connectivity index (χ1v) is 41.5. The summed E-state index contributed by atoms with van der Waals surface area (Å²) in [5, 5.41) is 12.9. The molecule has 506 valence electrons. The first-order chi connectivity index (χ1) is 53.6. The number of hydrogen-bond acceptors (Lipinski definition) is 2. The second kappa shape index (κ2) is 27.0. The zero-order valence-corrected chi connectivity index (χ0v) is 61.5. The Hall–Kier alpha value is -13.4. The zero-order valence-electron chi connectivity index (χ0n) is 59.5. The largest absolute Gasteiger partial charge is 0.311 e. The lowest BCUT2D eigenvalue weighted by Crippen LogP contribution is -2.75. The van der Waals surface area contributed by atoms with Crippen molar-refractivity contribution in [3.05, 3.63) is 437 Å². The fraction of sp³-hybridized carbons (Fsp3) is 0. The van der Waals surface area contributed by atoms with E-state index in [2.05, 4.69) is 451 Å². The first-order valence-electron chi connectivity index (χ1n) is 37.5. The summed E-state index contributed by atoms with van der Waals surface area (Å²) in [5.41, 5.74) is 22.8. The molecule has 20 rings (SSSR count). The lowest BCUT2D eigenvalue weighted by Gasteiger charge is -2.46. The van der Waals surface area contributed by atoms with Gasteiger partial charge in [0.25, 0.3) is 6.71 Å². The van der Waals surface area contributed by atoms with Gasteiger partial charge in [0.1, 0.15) is 0 Å². The highest BCUT2D eigenvalue weighted by Gasteiger charge is 2.49. The molecule has 2 aliphatic heterocycles. The van der Waals surface area contributed by atoms with Crippen LogP contribution in [0.2, 0.25) is 0 Å². The van der Waals surface area contributed by atoms with E-state index in [4.69, 9.17) is 0 Å². The SMILES string of the molecule is c1ccc(-c2cc(-c3ccccc3)cc(N3c4cc([Si](c5ccccc5)(c5ccccc5)c5ccccc5)ccc4B4c5ccc([Si](c6ccccc6)(c6ccccc6)c6ccccc6)cc5N(c5cc(-c6ccccc6)cc(-c6ccccc6)c5)c5cc(-n6c7ccccc7c7ccccc76)cc3c54)c2)cc1. The maximum atomic E-state index is 2.69. The third kappa shape index (κ3) is 10.6. The third-order valence-electron chi connectivity index (χ3n) is 22.8. The van der Waals surface area contributed by atoms with Crippen molar-refractivity contribution < 1.29 is 0 Å². The minimum absolute atomic E-state index is 0.276. The number of hydrogen-bond donors (Lipinski definition) is 0. The standard InChI is InChI=1S/C102H72BN3Si2/c1-11-35-73(36-12-1)77-63-78(74-37-13-2-14-38-74)66-81(65-77)105-98-71-90(107(84-43-19-5-20-44-84,85-45-21-6-22-46-85)86-47-23-7-24-48-86)59-61-94(98)103-95-62-60-91(108(87-49-25-8-26-50-87,88-51-27-9-28-52-88)89-53-29-10-30-54-89)72-99(95)106(82-67-79(75-39-15-3-16-40-75)64-80(68-82)76-41-17-4-18-42-76)101-70-83(69-100(105)102(101)103)104-96-57-33-31-55-92(96)93-56-32-34-58-97(93)104/h1-72H. The second-order valence-electron chi connectivity index (χ2n) is 28.6. The van der Waals surface area contributed by atoms with E-state index in [1.54, 1.807) is 0 Å². The molecule has 18 aromatic rings. The van der Waals surface area contributed by atoms with Crippen LogP contribution in [0.15, 0.2) is 437 Å². The van der Waals surface area contributed by atoms with Gasteiger partial charge in [-0.3, -0.25) is 0 Å². The Balaban J connectivity index is 0.977. The van der Waals surface area contributed by atoms with Crippen molar-refractivity contribution in [3.63, 3.8) is 0 Å². The van der Waals surface area contributed by atoms with Gasteiger partial charge in [0.05, 0.1) is 16.7 Å². The van der Waals surface area contributed by atoms with Crippen LogP contribution in [0, 0.1) is 0 Å². The predicted molar refractivity (Wildman–Crippen MR) is 464 cm³/mol. The Morgan fingerprint density at radius 3 is 0.731 bits per heavy atom. The van der Waals surface area contributed by atoms with Crippen LogP contribution in [0.5, 0.6) is 0 Å². The highest BCUT2D eigenvalue weighted by molar-refractivity contribution is 7.20. The Bertz CT molecular complexity index is 5660. The Kier molecular flexibility index (Phi) is 16.0. The molecule has 0 amide bonds. The Morgan fingerprint density at radius 2 is 0.444 bits per heavy atom. The normalized spacial score (nSPS) is 12.4. The van der Waals surface area contributed by atoms with E-state index in [0.717, 1.165) is 95.4 Å². The van der Waals surface area contributed by atoms with Crippen LogP contribution < -0.4 is 67.7 Å². The number of benzene rings is 17. The van der Waals surface area contributed by atoms with Crippen LogP contribution in [0.1, 0.15) is 0 Å². The van der Waals surface area contributed by atoms with Crippen LogP contribution in [0.25, 0.3) is 72.0 Å². The van der Waals surface area contributed by atoms with Crippen molar-refractivity contribution in [2.24, 2.45) is 0 Å². The zero-order chi connectivity index (χ0) is 71.5. The molecule has 0 saturated carbocycles. The molecule has 0 radical (unpaired) electrons. The Labute approximate surface area is 633 Å². The minimum Gasteiger partial charge on any atom is -0.311 e. The summed E-state index contributed by atoms with van der Waals surface area (Å²) in [6, 6.07) is 166. The van der Waals surface area contributed by atoms with E-state index >= 15 is 0 Å². The van der Waals surface area contributed by atoms with Crippen LogP contribution in [0.4, 0.5) is 34.1 Å². The molecule has 1 aromatic heterocycles. The minimum atomic E-state index is -3.21. The van der Waals surface area contributed by atoms with Gasteiger partial charge in [0.15, 0.2) is 16.1 Å². The summed E-state index contributed by atoms with van der Waals surface area (Å²) >= 11 is 0. The van der Waals surface area contributed by atoms with Crippen molar-refractivity contribution in [1.82, 2.24) is 4.57 Å². The molecule has 108 heavy (non-hydrogen) atoms. The fourth-order valence-electron chi connectivity index (χ4n) is 18.1. The summed E-state index contributed by atoms with van der Waals surface area (Å²) in [6.07, 6.45) is 0. The van der Waals surface area contributed by atoms with Gasteiger partial charge >= 0.3 is 0 Å². The highest BCUT2D eigenvalue weighted by atomic mass is 28.3. The van der Waals surface area contributed by atoms with Crippen molar-refractivity contribution in [2.75, 3.05) is 9.80 Å². The quantitative estimate of drug-likeness (QED) is 0.0749. The monoisotopic (exact) mass is 1410 g/mol. The highest BCUT2D eigenvalue weighted by Crippen LogP contribution is 2.49. The number of rotatable bonds is 15. The average molecular weight is 1410 g/mol. The summed E-state index contributed by atoms with van der Waals surface area (Å²) in [6.45, 7) is -0.276. The van der Waals surface area contributed by atoms with Gasteiger partial charge in [-0.05, 0) is 175 Å². The summed E-state index contributed by atoms with van der Waals surface area (Å²) in [5.74, 6) is 0. The molecular weight excluding hydrogens is 1330 g/mol. The molecular formula is C102H72BN3Si2. The van der Waals surface area contributed by atoms with Crippen molar-refractivity contribution >= 4 is 137 Å². The number of para-hydroxylation sites is 2. The van der Waals surface area contributed by atoms with Gasteiger partial charge in [0, 0.05) is 44.9 Å². The number of nitrogens with zero attached hydrogens (tertiary/aromatic N) is 3. The van der Waals surface area contributed by atoms with Crippen molar-refractivity contribution in [1.29, 1.82) is 0 Å². The Morgan fingerprint density at radius 1 is 0.185 bits per heavy atom. The van der Waals surface area contributed by atoms with E-state index in [9.17, 15) is 0 Å². The van der Waals surface area contributed by atoms with Gasteiger partial charge < -0.3 is 14.4 Å². The number of aromatic nitrogens is 1. The average Bonchev–Trinajstić information content (AvgIpc) is 0.833. The lowest BCUT2D eigenvalue weighted by atomic mass is 9.33. The molecule has 3 heterocycles. The van der Waals surface area contributed by atoms with E-state index in [-0.39, 0.29) is 6.71 Å². The van der Waals surface area contributed by atoms with E-state index < -0.39 is 16.1 Å².